The van der Waals surface area contributed by atoms with E-state index in [0.717, 1.165) is 11.1 Å². The summed E-state index contributed by atoms with van der Waals surface area (Å²) in [5.74, 6) is 0.477. The molecule has 102 valence electrons. The first kappa shape index (κ1) is 14.8. The molecule has 0 aliphatic rings. The predicted molar refractivity (Wildman–Crippen MR) is 59.3 cm³/mol. The zero-order valence-electron chi connectivity index (χ0n) is 10.1. The monoisotopic (exact) mass is 264 g/mol. The number of alkyl halides is 3. The van der Waals surface area contributed by atoms with Crippen LogP contribution >= 0.6 is 0 Å². The zero-order valence-corrected chi connectivity index (χ0v) is 10.1. The fourth-order valence-electron chi connectivity index (χ4n) is 1.40. The average molecular weight is 264 g/mol. The Balaban J connectivity index is 2.48. The average Bonchev–Trinajstić information content (AvgIpc) is 2.24. The van der Waals surface area contributed by atoms with E-state index in [1.165, 1.54) is 0 Å². The smallest absolute Gasteiger partial charge is 0.491 e. The minimum absolute atomic E-state index is 0.186. The number of aliphatic hydroxyl groups is 1. The van der Waals surface area contributed by atoms with Crippen molar-refractivity contribution in [2.45, 2.75) is 26.3 Å². The third-order valence-electron chi connectivity index (χ3n) is 2.29. The van der Waals surface area contributed by atoms with Gasteiger partial charge in [-0.3, -0.25) is 4.74 Å². The Morgan fingerprint density at radius 2 is 1.94 bits per heavy atom. The Labute approximate surface area is 103 Å². The number of aliphatic hydroxyl groups excluding tert-OH is 1. The van der Waals surface area contributed by atoms with E-state index in [0.29, 0.717) is 5.75 Å². The highest BCUT2D eigenvalue weighted by molar-refractivity contribution is 5.36. The van der Waals surface area contributed by atoms with Gasteiger partial charge in [0.2, 0.25) is 0 Å². The van der Waals surface area contributed by atoms with Crippen LogP contribution in [0.3, 0.4) is 0 Å². The van der Waals surface area contributed by atoms with Crippen molar-refractivity contribution in [3.05, 3.63) is 29.3 Å². The van der Waals surface area contributed by atoms with Gasteiger partial charge in [0.25, 0.3) is 0 Å². The Bertz CT molecular complexity index is 389. The number of aryl methyl sites for hydroxylation is 1. The molecule has 0 unspecified atom stereocenters. The number of benzene rings is 1. The lowest BCUT2D eigenvalue weighted by molar-refractivity contribution is -0.325. The van der Waals surface area contributed by atoms with Crippen LogP contribution in [0.1, 0.15) is 24.2 Å². The molecule has 1 N–H and O–H groups in total. The van der Waals surface area contributed by atoms with Crippen molar-refractivity contribution < 1.29 is 27.8 Å². The fourth-order valence-corrected chi connectivity index (χ4v) is 1.40. The number of rotatable bonds is 5. The summed E-state index contributed by atoms with van der Waals surface area (Å²) in [6.45, 7) is 2.65. The van der Waals surface area contributed by atoms with E-state index in [9.17, 15) is 18.3 Å². The second-order valence-corrected chi connectivity index (χ2v) is 3.84. The van der Waals surface area contributed by atoms with Crippen molar-refractivity contribution in [2.24, 2.45) is 0 Å². The maximum absolute atomic E-state index is 11.7. The normalized spacial score (nSPS) is 13.4. The topological polar surface area (TPSA) is 38.7 Å². The second-order valence-electron chi connectivity index (χ2n) is 3.84. The molecule has 0 amide bonds. The molecule has 18 heavy (non-hydrogen) atoms. The van der Waals surface area contributed by atoms with Gasteiger partial charge in [-0.15, -0.1) is 13.2 Å². The highest BCUT2D eigenvalue weighted by Gasteiger charge is 2.28. The largest absolute Gasteiger partial charge is 0.522 e. The van der Waals surface area contributed by atoms with Crippen LogP contribution in [0.25, 0.3) is 0 Å². The van der Waals surface area contributed by atoms with Gasteiger partial charge in [-0.05, 0) is 37.1 Å². The highest BCUT2D eigenvalue weighted by Crippen LogP contribution is 2.23. The molecule has 3 nitrogen and oxygen atoms in total. The number of ether oxygens (including phenoxy) is 2. The molecule has 0 radical (unpaired) electrons. The minimum Gasteiger partial charge on any atom is -0.491 e. The molecule has 6 heteroatoms. The molecule has 1 aromatic rings. The van der Waals surface area contributed by atoms with Crippen LogP contribution in [0.5, 0.6) is 5.75 Å². The molecule has 0 aliphatic heterocycles. The summed E-state index contributed by atoms with van der Waals surface area (Å²) in [5.41, 5.74) is 1.48. The predicted octanol–water partition coefficient (Wildman–Crippen LogP) is 2.96. The summed E-state index contributed by atoms with van der Waals surface area (Å²) in [5, 5.41) is 9.36. The summed E-state index contributed by atoms with van der Waals surface area (Å²) in [6, 6.07) is 5.01. The molecule has 0 heterocycles. The zero-order chi connectivity index (χ0) is 13.8. The second kappa shape index (κ2) is 6.06. The molecule has 1 aromatic carbocycles. The summed E-state index contributed by atoms with van der Waals surface area (Å²) in [7, 11) is 0. The first-order valence-electron chi connectivity index (χ1n) is 5.41. The maximum Gasteiger partial charge on any atom is 0.522 e. The molecule has 1 atom stereocenters. The van der Waals surface area contributed by atoms with Crippen LogP contribution in [0, 0.1) is 6.92 Å². The van der Waals surface area contributed by atoms with E-state index in [1.54, 1.807) is 32.0 Å². The lowest BCUT2D eigenvalue weighted by atomic mass is 10.1. The minimum atomic E-state index is -4.63. The van der Waals surface area contributed by atoms with E-state index < -0.39 is 19.1 Å². The van der Waals surface area contributed by atoms with E-state index in [1.807, 2.05) is 0 Å². The molecule has 0 fully saturated rings. The summed E-state index contributed by atoms with van der Waals surface area (Å²) >= 11 is 0. The van der Waals surface area contributed by atoms with Gasteiger partial charge in [-0.25, -0.2) is 0 Å². The van der Waals surface area contributed by atoms with Crippen molar-refractivity contribution >= 4 is 0 Å². The molecule has 0 bridgehead atoms. The lowest BCUT2D eigenvalue weighted by Crippen LogP contribution is -2.18. The van der Waals surface area contributed by atoms with E-state index in [4.69, 9.17) is 4.74 Å². The SMILES string of the molecule is Cc1cc([C@@H](C)O)ccc1OCCOC(F)(F)F. The van der Waals surface area contributed by atoms with E-state index in [-0.39, 0.29) is 6.61 Å². The van der Waals surface area contributed by atoms with Crippen molar-refractivity contribution in [2.75, 3.05) is 13.2 Å². The number of hydrogen-bond donors (Lipinski definition) is 1. The van der Waals surface area contributed by atoms with Crippen LogP contribution in [0.2, 0.25) is 0 Å². The first-order valence-corrected chi connectivity index (χ1v) is 5.41. The van der Waals surface area contributed by atoms with Gasteiger partial charge in [-0.2, -0.15) is 0 Å². The van der Waals surface area contributed by atoms with Gasteiger partial charge >= 0.3 is 6.36 Å². The van der Waals surface area contributed by atoms with Gasteiger partial charge in [0, 0.05) is 0 Å². The van der Waals surface area contributed by atoms with Crippen molar-refractivity contribution in [3.8, 4) is 5.75 Å². The maximum atomic E-state index is 11.7. The first-order chi connectivity index (χ1) is 8.29. The van der Waals surface area contributed by atoms with Gasteiger partial charge in [0.05, 0.1) is 12.7 Å². The molecule has 1 rings (SSSR count). The Morgan fingerprint density at radius 3 is 2.44 bits per heavy atom. The summed E-state index contributed by atoms with van der Waals surface area (Å²) < 4.78 is 43.8. The van der Waals surface area contributed by atoms with Crippen LogP contribution in [0.4, 0.5) is 13.2 Å². The van der Waals surface area contributed by atoms with Crippen molar-refractivity contribution in [3.63, 3.8) is 0 Å². The molecule has 0 spiro atoms. The Hall–Kier alpha value is -1.27. The lowest BCUT2D eigenvalue weighted by Gasteiger charge is -2.12. The fraction of sp³-hybridized carbons (Fsp3) is 0.500. The summed E-state index contributed by atoms with van der Waals surface area (Å²) in [6.07, 6.45) is -5.22. The Morgan fingerprint density at radius 1 is 1.28 bits per heavy atom. The molecule has 0 aromatic heterocycles. The number of halogens is 3. The highest BCUT2D eigenvalue weighted by atomic mass is 19.4. The Kier molecular flexibility index (Phi) is 4.98. The van der Waals surface area contributed by atoms with E-state index in [2.05, 4.69) is 4.74 Å². The van der Waals surface area contributed by atoms with Crippen molar-refractivity contribution in [1.29, 1.82) is 0 Å². The van der Waals surface area contributed by atoms with Crippen LogP contribution in [-0.2, 0) is 4.74 Å². The third kappa shape index (κ3) is 4.93. The van der Waals surface area contributed by atoms with Gasteiger partial charge in [0.1, 0.15) is 12.4 Å². The third-order valence-corrected chi connectivity index (χ3v) is 2.29. The summed E-state index contributed by atoms with van der Waals surface area (Å²) in [4.78, 5) is 0. The quantitative estimate of drug-likeness (QED) is 0.831. The van der Waals surface area contributed by atoms with Gasteiger partial charge in [0.15, 0.2) is 0 Å². The van der Waals surface area contributed by atoms with Crippen LogP contribution < -0.4 is 4.74 Å². The van der Waals surface area contributed by atoms with E-state index >= 15 is 0 Å². The molecule has 0 aliphatic carbocycles. The molecular formula is C12H15F3O3. The van der Waals surface area contributed by atoms with Crippen LogP contribution in [-0.4, -0.2) is 24.7 Å². The van der Waals surface area contributed by atoms with Gasteiger partial charge in [-0.1, -0.05) is 6.07 Å². The standard InChI is InChI=1S/C12H15F3O3/c1-8-7-10(9(2)16)3-4-11(8)17-5-6-18-12(13,14)15/h3-4,7,9,16H,5-6H2,1-2H3/t9-/m1/s1. The number of hydrogen-bond acceptors (Lipinski definition) is 3. The molecule has 0 saturated heterocycles. The van der Waals surface area contributed by atoms with Crippen molar-refractivity contribution in [1.82, 2.24) is 0 Å². The van der Waals surface area contributed by atoms with Crippen LogP contribution in [0.15, 0.2) is 18.2 Å². The molecular weight excluding hydrogens is 249 g/mol. The van der Waals surface area contributed by atoms with Gasteiger partial charge < -0.3 is 9.84 Å². The molecule has 0 saturated carbocycles.